The van der Waals surface area contributed by atoms with Crippen molar-refractivity contribution in [3.8, 4) is 0 Å². The molecule has 0 bridgehead atoms. The third-order valence-corrected chi connectivity index (χ3v) is 5.30. The van der Waals surface area contributed by atoms with Crippen LogP contribution in [0.3, 0.4) is 0 Å². The van der Waals surface area contributed by atoms with E-state index < -0.39 is 30.0 Å². The van der Waals surface area contributed by atoms with Gasteiger partial charge in [-0.2, -0.15) is 0 Å². The Morgan fingerprint density at radius 3 is 2.32 bits per heavy atom. The molecule has 1 aromatic carbocycles. The van der Waals surface area contributed by atoms with Gasteiger partial charge in [0.2, 0.25) is 0 Å². The van der Waals surface area contributed by atoms with Gasteiger partial charge in [-0.3, -0.25) is 0 Å². The predicted molar refractivity (Wildman–Crippen MR) is 112 cm³/mol. The van der Waals surface area contributed by atoms with Crippen LogP contribution in [0.25, 0.3) is 6.08 Å². The van der Waals surface area contributed by atoms with Crippen LogP contribution in [0.1, 0.15) is 54.0 Å². The molecule has 1 aromatic rings. The molecule has 0 atom stereocenters. The van der Waals surface area contributed by atoms with E-state index in [1.54, 1.807) is 32.9 Å². The maximum Gasteiger partial charge on any atom is 0.492 e. The normalized spacial score (nSPS) is 18.9. The van der Waals surface area contributed by atoms with Crippen LogP contribution >= 0.6 is 15.9 Å². The van der Waals surface area contributed by atoms with Crippen molar-refractivity contribution in [2.24, 2.45) is 0 Å². The molecule has 1 amide bonds. The molecule has 1 fully saturated rings. The summed E-state index contributed by atoms with van der Waals surface area (Å²) in [5, 5.41) is 2.74. The van der Waals surface area contributed by atoms with Gasteiger partial charge < -0.3 is 19.4 Å². The maximum atomic E-state index is 13.6. The second kappa shape index (κ2) is 8.16. The lowest BCUT2D eigenvalue weighted by Crippen LogP contribution is -2.41. The molecule has 5 nitrogen and oxygen atoms in total. The Morgan fingerprint density at radius 1 is 1.25 bits per heavy atom. The highest BCUT2D eigenvalue weighted by atomic mass is 79.9. The van der Waals surface area contributed by atoms with Gasteiger partial charge in [0.25, 0.3) is 0 Å². The molecule has 1 saturated heterocycles. The molecule has 0 aromatic heterocycles. The Balaban J connectivity index is 2.27. The number of halogens is 2. The molecule has 28 heavy (non-hydrogen) atoms. The molecule has 1 N–H and O–H groups in total. The average Bonchev–Trinajstić information content (AvgIpc) is 2.73. The molecule has 1 heterocycles. The van der Waals surface area contributed by atoms with Gasteiger partial charge in [-0.15, -0.1) is 0 Å². The molecule has 154 valence electrons. The van der Waals surface area contributed by atoms with Gasteiger partial charge in [-0.1, -0.05) is 12.1 Å². The summed E-state index contributed by atoms with van der Waals surface area (Å²) in [7, 11) is -0.649. The van der Waals surface area contributed by atoms with E-state index in [-0.39, 0.29) is 12.4 Å². The Bertz CT molecular complexity index is 758. The van der Waals surface area contributed by atoms with Crippen LogP contribution in [-0.4, -0.2) is 36.6 Å². The molecular weight excluding hydrogens is 428 g/mol. The molecular formula is C20H28BBrFNO4. The van der Waals surface area contributed by atoms with Crippen LogP contribution in [-0.2, 0) is 14.0 Å². The molecule has 0 saturated carbocycles. The minimum Gasteiger partial charge on any atom is -0.444 e. The highest BCUT2D eigenvalue weighted by Crippen LogP contribution is 2.38. The van der Waals surface area contributed by atoms with Crippen molar-refractivity contribution >= 4 is 35.2 Å². The molecule has 0 spiro atoms. The van der Waals surface area contributed by atoms with Crippen LogP contribution in [0.2, 0.25) is 0 Å². The number of ether oxygens (including phenoxy) is 1. The lowest BCUT2D eigenvalue weighted by molar-refractivity contribution is 0.00578. The molecule has 0 aliphatic carbocycles. The SMILES string of the molecule is CC(C)(C)OC(=O)NCC(=Cc1ccc(F)c(Br)c1)B1OC(C)(C)C(C)(C)O1. The Morgan fingerprint density at radius 2 is 1.82 bits per heavy atom. The van der Waals surface area contributed by atoms with Gasteiger partial charge in [-0.25, -0.2) is 9.18 Å². The van der Waals surface area contributed by atoms with E-state index in [2.05, 4.69) is 21.2 Å². The lowest BCUT2D eigenvalue weighted by Gasteiger charge is -2.32. The fourth-order valence-electron chi connectivity index (χ4n) is 2.50. The number of benzene rings is 1. The van der Waals surface area contributed by atoms with Crippen molar-refractivity contribution in [2.45, 2.75) is 65.3 Å². The summed E-state index contributed by atoms with van der Waals surface area (Å²) in [6.07, 6.45) is 1.29. The van der Waals surface area contributed by atoms with Crippen LogP contribution in [0, 0.1) is 5.82 Å². The summed E-state index contributed by atoms with van der Waals surface area (Å²) in [6, 6.07) is 4.69. The molecule has 8 heteroatoms. The van der Waals surface area contributed by atoms with E-state index in [0.717, 1.165) is 5.56 Å². The summed E-state index contributed by atoms with van der Waals surface area (Å²) in [5.74, 6) is -0.346. The molecule has 1 aliphatic heterocycles. The maximum absolute atomic E-state index is 13.6. The number of carbonyl (C=O) groups excluding carboxylic acids is 1. The number of rotatable bonds is 4. The smallest absolute Gasteiger partial charge is 0.444 e. The number of amides is 1. The monoisotopic (exact) mass is 455 g/mol. The third kappa shape index (κ3) is 5.81. The van der Waals surface area contributed by atoms with Crippen molar-refractivity contribution in [2.75, 3.05) is 6.54 Å². The van der Waals surface area contributed by atoms with E-state index in [1.807, 2.05) is 33.8 Å². The van der Waals surface area contributed by atoms with Crippen molar-refractivity contribution in [1.82, 2.24) is 5.32 Å². The van der Waals surface area contributed by atoms with E-state index >= 15 is 0 Å². The van der Waals surface area contributed by atoms with Crippen LogP contribution in [0.5, 0.6) is 0 Å². The zero-order valence-corrected chi connectivity index (χ0v) is 19.1. The number of alkyl carbamates (subject to hydrolysis) is 1. The van der Waals surface area contributed by atoms with E-state index in [1.165, 1.54) is 6.07 Å². The standard InChI is InChI=1S/C20H28BBrFNO4/c1-18(2,3)26-17(25)24-12-14(10-13-8-9-16(23)15(22)11-13)21-27-19(4,5)20(6,7)28-21/h8-11H,12H2,1-7H3,(H,24,25). The van der Waals surface area contributed by atoms with Crippen LogP contribution < -0.4 is 5.32 Å². The van der Waals surface area contributed by atoms with Crippen molar-refractivity contribution in [3.05, 3.63) is 39.5 Å². The number of carbonyl (C=O) groups is 1. The zero-order chi connectivity index (χ0) is 21.3. The van der Waals surface area contributed by atoms with E-state index in [4.69, 9.17) is 14.0 Å². The van der Waals surface area contributed by atoms with Crippen LogP contribution in [0.4, 0.5) is 9.18 Å². The van der Waals surface area contributed by atoms with Crippen molar-refractivity contribution in [1.29, 1.82) is 0 Å². The fraction of sp³-hybridized carbons (Fsp3) is 0.550. The van der Waals surface area contributed by atoms with Crippen LogP contribution in [0.15, 0.2) is 28.1 Å². The summed E-state index contributed by atoms with van der Waals surface area (Å²) in [4.78, 5) is 12.1. The van der Waals surface area contributed by atoms with Gasteiger partial charge in [-0.05, 0) is 87.6 Å². The Labute approximate surface area is 175 Å². The summed E-state index contributed by atoms with van der Waals surface area (Å²) < 4.78 is 31.5. The quantitative estimate of drug-likeness (QED) is 0.639. The molecule has 0 radical (unpaired) electrons. The predicted octanol–water partition coefficient (Wildman–Crippen LogP) is 5.13. The van der Waals surface area contributed by atoms with Gasteiger partial charge >= 0.3 is 13.2 Å². The molecule has 2 rings (SSSR count). The Kier molecular flexibility index (Phi) is 6.68. The highest BCUT2D eigenvalue weighted by Gasteiger charge is 2.52. The van der Waals surface area contributed by atoms with Gasteiger partial charge in [0, 0.05) is 6.54 Å². The minimum atomic E-state index is -0.649. The van der Waals surface area contributed by atoms with Gasteiger partial charge in [0.05, 0.1) is 15.7 Å². The highest BCUT2D eigenvalue weighted by molar-refractivity contribution is 9.10. The van der Waals surface area contributed by atoms with Crippen molar-refractivity contribution < 1.29 is 23.2 Å². The second-order valence-corrected chi connectivity index (χ2v) is 9.69. The minimum absolute atomic E-state index is 0.167. The fourth-order valence-corrected chi connectivity index (χ4v) is 2.90. The van der Waals surface area contributed by atoms with Gasteiger partial charge in [0.1, 0.15) is 11.4 Å². The molecule has 0 unspecified atom stereocenters. The Hall–Kier alpha value is -1.38. The summed E-state index contributed by atoms with van der Waals surface area (Å²) in [5.41, 5.74) is -0.190. The van der Waals surface area contributed by atoms with Crippen molar-refractivity contribution in [3.63, 3.8) is 0 Å². The average molecular weight is 456 g/mol. The number of nitrogens with one attached hydrogen (secondary N) is 1. The van der Waals surface area contributed by atoms with E-state index in [0.29, 0.717) is 9.95 Å². The summed E-state index contributed by atoms with van der Waals surface area (Å²) in [6.45, 7) is 13.4. The largest absolute Gasteiger partial charge is 0.492 e. The first-order valence-corrected chi connectivity index (χ1v) is 9.97. The number of hydrogen-bond donors (Lipinski definition) is 1. The molecule has 1 aliphatic rings. The lowest BCUT2D eigenvalue weighted by atomic mass is 9.77. The second-order valence-electron chi connectivity index (χ2n) is 8.84. The first-order chi connectivity index (χ1) is 12.7. The number of hydrogen-bond acceptors (Lipinski definition) is 4. The third-order valence-electron chi connectivity index (χ3n) is 4.69. The summed E-state index contributed by atoms with van der Waals surface area (Å²) >= 11 is 3.19. The van der Waals surface area contributed by atoms with Gasteiger partial charge in [0.15, 0.2) is 0 Å². The first-order valence-electron chi connectivity index (χ1n) is 9.18. The topological polar surface area (TPSA) is 56.8 Å². The van der Waals surface area contributed by atoms with E-state index in [9.17, 15) is 9.18 Å². The first kappa shape index (κ1) is 22.9. The zero-order valence-electron chi connectivity index (χ0n) is 17.5.